The molecular formula is C15H19FN2O2. The van der Waals surface area contributed by atoms with Gasteiger partial charge in [0.05, 0.1) is 0 Å². The quantitative estimate of drug-likeness (QED) is 0.861. The number of benzene rings is 1. The van der Waals surface area contributed by atoms with Gasteiger partial charge in [-0.25, -0.2) is 9.82 Å². The van der Waals surface area contributed by atoms with Gasteiger partial charge in [0.1, 0.15) is 0 Å². The van der Waals surface area contributed by atoms with E-state index in [-0.39, 0.29) is 18.3 Å². The Bertz CT molecular complexity index is 502. The zero-order chi connectivity index (χ0) is 14.4. The monoisotopic (exact) mass is 278 g/mol. The number of para-hydroxylation sites is 1. The molecule has 0 radical (unpaired) electrons. The second kappa shape index (κ2) is 7.03. The average Bonchev–Trinajstić information content (AvgIpc) is 2.44. The lowest BCUT2D eigenvalue weighted by atomic mass is 9.89. The Morgan fingerprint density at radius 1 is 1.50 bits per heavy atom. The number of nitrogens with zero attached hydrogens (tertiary/aromatic N) is 1. The van der Waals surface area contributed by atoms with Gasteiger partial charge >= 0.3 is 0 Å². The van der Waals surface area contributed by atoms with Crippen molar-refractivity contribution >= 4 is 11.6 Å². The molecule has 0 bridgehead atoms. The number of hydrogen-bond acceptors (Lipinski definition) is 3. The van der Waals surface area contributed by atoms with Gasteiger partial charge in [0.25, 0.3) is 5.91 Å². The maximum Gasteiger partial charge on any atom is 0.277 e. The summed E-state index contributed by atoms with van der Waals surface area (Å²) >= 11 is 0. The fraction of sp³-hybridized carbons (Fsp3) is 0.467. The molecule has 5 heteroatoms. The van der Waals surface area contributed by atoms with Gasteiger partial charge in [0.2, 0.25) is 0 Å². The van der Waals surface area contributed by atoms with E-state index >= 15 is 0 Å². The minimum atomic E-state index is -0.479. The van der Waals surface area contributed by atoms with Crippen molar-refractivity contribution in [1.29, 1.82) is 0 Å². The zero-order valence-corrected chi connectivity index (χ0v) is 11.6. The van der Waals surface area contributed by atoms with E-state index in [9.17, 15) is 9.18 Å². The molecule has 1 aromatic rings. The predicted molar refractivity (Wildman–Crippen MR) is 75.1 cm³/mol. The SMILES string of the molecule is C[C@@H]1CCC/C(=N/NC(=O)COc2ccccc2F)C1. The average molecular weight is 278 g/mol. The highest BCUT2D eigenvalue weighted by Crippen LogP contribution is 2.20. The molecule has 2 rings (SSSR count). The van der Waals surface area contributed by atoms with E-state index in [1.165, 1.54) is 18.6 Å². The third-order valence-corrected chi connectivity index (χ3v) is 3.28. The van der Waals surface area contributed by atoms with Crippen molar-refractivity contribution in [3.05, 3.63) is 30.1 Å². The second-order valence-electron chi connectivity index (χ2n) is 5.13. The molecule has 1 aliphatic carbocycles. The van der Waals surface area contributed by atoms with E-state index in [2.05, 4.69) is 17.5 Å². The normalized spacial score (nSPS) is 20.7. The van der Waals surface area contributed by atoms with Crippen LogP contribution in [0.5, 0.6) is 5.75 Å². The van der Waals surface area contributed by atoms with Gasteiger partial charge in [-0.05, 0) is 43.7 Å². The van der Waals surface area contributed by atoms with Crippen molar-refractivity contribution in [2.45, 2.75) is 32.6 Å². The van der Waals surface area contributed by atoms with Crippen molar-refractivity contribution in [3.63, 3.8) is 0 Å². The first kappa shape index (κ1) is 14.5. The Balaban J connectivity index is 1.78. The summed E-state index contributed by atoms with van der Waals surface area (Å²) in [6, 6.07) is 5.99. The maximum atomic E-state index is 13.3. The number of rotatable bonds is 4. The molecule has 1 fully saturated rings. The minimum Gasteiger partial charge on any atom is -0.481 e. The van der Waals surface area contributed by atoms with Crippen LogP contribution in [-0.4, -0.2) is 18.2 Å². The number of nitrogens with one attached hydrogen (secondary N) is 1. The topological polar surface area (TPSA) is 50.7 Å². The maximum absolute atomic E-state index is 13.3. The lowest BCUT2D eigenvalue weighted by molar-refractivity contribution is -0.123. The molecule has 0 aromatic heterocycles. The lowest BCUT2D eigenvalue weighted by Gasteiger charge is -2.18. The highest BCUT2D eigenvalue weighted by molar-refractivity contribution is 5.87. The van der Waals surface area contributed by atoms with Crippen LogP contribution in [0.1, 0.15) is 32.6 Å². The van der Waals surface area contributed by atoms with Crippen molar-refractivity contribution in [2.24, 2.45) is 11.0 Å². The Morgan fingerprint density at radius 2 is 2.30 bits per heavy atom. The summed E-state index contributed by atoms with van der Waals surface area (Å²) in [7, 11) is 0. The fourth-order valence-corrected chi connectivity index (χ4v) is 2.24. The Kier molecular flexibility index (Phi) is 5.09. The molecule has 0 unspecified atom stereocenters. The summed E-state index contributed by atoms with van der Waals surface area (Å²) < 4.78 is 18.4. The summed E-state index contributed by atoms with van der Waals surface area (Å²) in [6.45, 7) is 1.94. The number of halogens is 1. The van der Waals surface area contributed by atoms with Gasteiger partial charge < -0.3 is 4.74 Å². The van der Waals surface area contributed by atoms with Crippen LogP contribution in [-0.2, 0) is 4.79 Å². The standard InChI is InChI=1S/C15H19FN2O2/c1-11-5-4-6-12(9-11)17-18-15(19)10-20-14-8-3-2-7-13(14)16/h2-3,7-8,11H,4-6,9-10H2,1H3,(H,18,19)/b17-12-/t11-/m1/s1. The van der Waals surface area contributed by atoms with Crippen molar-refractivity contribution in [2.75, 3.05) is 6.61 Å². The first-order valence-electron chi connectivity index (χ1n) is 6.86. The van der Waals surface area contributed by atoms with Crippen LogP contribution < -0.4 is 10.2 Å². The van der Waals surface area contributed by atoms with Crippen LogP contribution in [0.4, 0.5) is 4.39 Å². The van der Waals surface area contributed by atoms with Crippen LogP contribution in [0.15, 0.2) is 29.4 Å². The highest BCUT2D eigenvalue weighted by atomic mass is 19.1. The predicted octanol–water partition coefficient (Wildman–Crippen LogP) is 2.89. The van der Waals surface area contributed by atoms with Gasteiger partial charge in [-0.3, -0.25) is 4.79 Å². The molecule has 1 saturated carbocycles. The molecule has 20 heavy (non-hydrogen) atoms. The fourth-order valence-electron chi connectivity index (χ4n) is 2.24. The summed E-state index contributed by atoms with van der Waals surface area (Å²) in [4.78, 5) is 11.6. The number of ether oxygens (including phenoxy) is 1. The number of hydrazone groups is 1. The zero-order valence-electron chi connectivity index (χ0n) is 11.6. The van der Waals surface area contributed by atoms with E-state index in [0.29, 0.717) is 5.92 Å². The van der Waals surface area contributed by atoms with Crippen molar-refractivity contribution in [1.82, 2.24) is 5.43 Å². The van der Waals surface area contributed by atoms with Gasteiger partial charge in [-0.15, -0.1) is 0 Å². The molecule has 1 aromatic carbocycles. The minimum absolute atomic E-state index is 0.0709. The third-order valence-electron chi connectivity index (χ3n) is 3.28. The van der Waals surface area contributed by atoms with Crippen LogP contribution in [0.25, 0.3) is 0 Å². The molecule has 1 aliphatic rings. The molecular weight excluding hydrogens is 259 g/mol. The van der Waals surface area contributed by atoms with E-state index in [1.807, 2.05) is 0 Å². The summed E-state index contributed by atoms with van der Waals surface area (Å²) in [5.74, 6) is -0.164. The van der Waals surface area contributed by atoms with Gasteiger partial charge in [0, 0.05) is 5.71 Å². The van der Waals surface area contributed by atoms with Crippen LogP contribution in [0.3, 0.4) is 0 Å². The molecule has 0 heterocycles. The largest absolute Gasteiger partial charge is 0.481 e. The Hall–Kier alpha value is -1.91. The number of hydrogen-bond donors (Lipinski definition) is 1. The third kappa shape index (κ3) is 4.33. The summed E-state index contributed by atoms with van der Waals surface area (Å²) in [5.41, 5.74) is 3.48. The Labute approximate surface area is 118 Å². The molecule has 0 saturated heterocycles. The van der Waals surface area contributed by atoms with Crippen molar-refractivity contribution in [3.8, 4) is 5.75 Å². The molecule has 0 spiro atoms. The van der Waals surface area contributed by atoms with Gasteiger partial charge in [-0.1, -0.05) is 19.1 Å². The second-order valence-corrected chi connectivity index (χ2v) is 5.13. The molecule has 1 N–H and O–H groups in total. The molecule has 108 valence electrons. The van der Waals surface area contributed by atoms with E-state index in [4.69, 9.17) is 4.74 Å². The summed E-state index contributed by atoms with van der Waals surface area (Å²) in [5, 5.41) is 4.11. The number of carbonyl (C=O) groups is 1. The molecule has 1 amide bonds. The van der Waals surface area contributed by atoms with Crippen LogP contribution >= 0.6 is 0 Å². The first-order chi connectivity index (χ1) is 9.65. The van der Waals surface area contributed by atoms with Crippen LogP contribution in [0.2, 0.25) is 0 Å². The van der Waals surface area contributed by atoms with Gasteiger partial charge in [0.15, 0.2) is 18.2 Å². The molecule has 1 atom stereocenters. The van der Waals surface area contributed by atoms with E-state index < -0.39 is 5.82 Å². The lowest BCUT2D eigenvalue weighted by Crippen LogP contribution is -2.27. The van der Waals surface area contributed by atoms with Gasteiger partial charge in [-0.2, -0.15) is 5.10 Å². The van der Waals surface area contributed by atoms with E-state index in [1.54, 1.807) is 12.1 Å². The highest BCUT2D eigenvalue weighted by Gasteiger charge is 2.14. The molecule has 0 aliphatic heterocycles. The smallest absolute Gasteiger partial charge is 0.277 e. The van der Waals surface area contributed by atoms with Crippen LogP contribution in [0, 0.1) is 11.7 Å². The molecule has 4 nitrogen and oxygen atoms in total. The summed E-state index contributed by atoms with van der Waals surface area (Å²) in [6.07, 6.45) is 4.18. The van der Waals surface area contributed by atoms with E-state index in [0.717, 1.165) is 25.0 Å². The first-order valence-corrected chi connectivity index (χ1v) is 6.86. The number of carbonyl (C=O) groups excluding carboxylic acids is 1. The van der Waals surface area contributed by atoms with Crippen molar-refractivity contribution < 1.29 is 13.9 Å². The number of amides is 1. The Morgan fingerprint density at radius 3 is 3.05 bits per heavy atom.